The molecule has 1 aliphatic heterocycles. The molecule has 0 saturated carbocycles. The Labute approximate surface area is 151 Å². The van der Waals surface area contributed by atoms with E-state index in [1.165, 1.54) is 6.08 Å². The summed E-state index contributed by atoms with van der Waals surface area (Å²) >= 11 is 0.837. The second-order valence-corrected chi connectivity index (χ2v) is 6.31. The number of nitrogens with zero attached hydrogens (tertiary/aromatic N) is 3. The van der Waals surface area contributed by atoms with Gasteiger partial charge in [-0.05, 0) is 24.8 Å². The van der Waals surface area contributed by atoms with Crippen molar-refractivity contribution in [2.24, 2.45) is 0 Å². The molecular weight excluding hydrogens is 356 g/mol. The van der Waals surface area contributed by atoms with Crippen molar-refractivity contribution in [3.63, 3.8) is 0 Å². The molecular formula is C17H12N4O4S. The molecule has 1 N–H and O–H groups in total. The quantitative estimate of drug-likeness (QED) is 0.700. The molecule has 4 rings (SSSR count). The average molecular weight is 368 g/mol. The molecule has 0 aliphatic carbocycles. The summed E-state index contributed by atoms with van der Waals surface area (Å²) in [7, 11) is 0. The number of amides is 2. The van der Waals surface area contributed by atoms with Gasteiger partial charge in [-0.15, -0.1) is 0 Å². The molecule has 1 fully saturated rings. The van der Waals surface area contributed by atoms with Crippen molar-refractivity contribution < 1.29 is 18.7 Å². The number of nitrogens with one attached hydrogen (secondary N) is 1. The summed E-state index contributed by atoms with van der Waals surface area (Å²) in [5.74, 6) is 0.0205. The zero-order valence-corrected chi connectivity index (χ0v) is 14.4. The van der Waals surface area contributed by atoms with Crippen molar-refractivity contribution >= 4 is 40.0 Å². The van der Waals surface area contributed by atoms with Crippen molar-refractivity contribution in [2.45, 2.75) is 6.92 Å². The van der Waals surface area contributed by atoms with Crippen molar-refractivity contribution in [1.29, 1.82) is 0 Å². The third kappa shape index (κ3) is 3.04. The van der Waals surface area contributed by atoms with Gasteiger partial charge in [-0.2, -0.15) is 0 Å². The lowest BCUT2D eigenvalue weighted by atomic mass is 10.1. The molecule has 3 aromatic heterocycles. The predicted molar refractivity (Wildman–Crippen MR) is 95.3 cm³/mol. The third-order valence-electron chi connectivity index (χ3n) is 3.57. The first kappa shape index (κ1) is 16.3. The molecule has 0 radical (unpaired) electrons. The summed E-state index contributed by atoms with van der Waals surface area (Å²) in [6.45, 7) is 2.35. The molecule has 4 heterocycles. The Hall–Kier alpha value is -3.20. The van der Waals surface area contributed by atoms with E-state index < -0.39 is 11.1 Å². The standard InChI is InChI=1S/C17H12N4O4S/c1-2-24-16-19-6-10(7-20-16)12-8-18-5-9-3-11(25-14(9)12)4-13-15(22)21-17(23)26-13/h3-8H,2H2,1H3,(H,21,22,23)/b13-4+. The molecule has 26 heavy (non-hydrogen) atoms. The van der Waals surface area contributed by atoms with Crippen LogP contribution in [-0.2, 0) is 4.79 Å². The number of rotatable bonds is 4. The predicted octanol–water partition coefficient (Wildman–Crippen LogP) is 3.01. The normalized spacial score (nSPS) is 15.7. The van der Waals surface area contributed by atoms with Gasteiger partial charge in [0.05, 0.1) is 11.5 Å². The third-order valence-corrected chi connectivity index (χ3v) is 4.38. The molecule has 0 unspecified atom stereocenters. The number of hydrogen-bond donors (Lipinski definition) is 1. The summed E-state index contributed by atoms with van der Waals surface area (Å²) in [6.07, 6.45) is 8.11. The Bertz CT molecular complexity index is 1040. The van der Waals surface area contributed by atoms with Crippen LogP contribution in [0.25, 0.3) is 28.2 Å². The van der Waals surface area contributed by atoms with E-state index in [9.17, 15) is 9.59 Å². The Morgan fingerprint density at radius 2 is 2.04 bits per heavy atom. The SMILES string of the molecule is CCOc1ncc(-c2cncc3cc(/C=C4/SC(=O)NC4=O)oc23)cn1. The van der Waals surface area contributed by atoms with E-state index in [1.807, 2.05) is 6.92 Å². The van der Waals surface area contributed by atoms with Crippen LogP contribution in [0, 0.1) is 0 Å². The molecule has 2 amide bonds. The molecule has 3 aromatic rings. The van der Waals surface area contributed by atoms with Gasteiger partial charge < -0.3 is 9.15 Å². The van der Waals surface area contributed by atoms with E-state index in [2.05, 4.69) is 20.3 Å². The maximum absolute atomic E-state index is 11.7. The lowest BCUT2D eigenvalue weighted by Crippen LogP contribution is -2.17. The average Bonchev–Trinajstić information content (AvgIpc) is 3.18. The van der Waals surface area contributed by atoms with Gasteiger partial charge in [-0.3, -0.25) is 19.9 Å². The molecule has 130 valence electrons. The number of aromatic nitrogens is 3. The monoisotopic (exact) mass is 368 g/mol. The summed E-state index contributed by atoms with van der Waals surface area (Å²) in [4.78, 5) is 35.7. The van der Waals surface area contributed by atoms with Gasteiger partial charge in [0.1, 0.15) is 11.3 Å². The van der Waals surface area contributed by atoms with Crippen molar-refractivity contribution in [2.75, 3.05) is 6.61 Å². The number of thioether (sulfide) groups is 1. The first-order chi connectivity index (χ1) is 12.6. The van der Waals surface area contributed by atoms with Crippen LogP contribution >= 0.6 is 11.8 Å². The van der Waals surface area contributed by atoms with Gasteiger partial charge >= 0.3 is 6.01 Å². The number of fused-ring (bicyclic) bond motifs is 1. The van der Waals surface area contributed by atoms with Crippen LogP contribution in [0.2, 0.25) is 0 Å². The van der Waals surface area contributed by atoms with Gasteiger partial charge in [-0.1, -0.05) is 0 Å². The summed E-state index contributed by atoms with van der Waals surface area (Å²) in [6, 6.07) is 2.06. The van der Waals surface area contributed by atoms with E-state index >= 15 is 0 Å². The Morgan fingerprint density at radius 3 is 2.73 bits per heavy atom. The van der Waals surface area contributed by atoms with Gasteiger partial charge in [0.15, 0.2) is 0 Å². The minimum absolute atomic E-state index is 0.285. The zero-order valence-electron chi connectivity index (χ0n) is 13.6. The van der Waals surface area contributed by atoms with Crippen LogP contribution in [0.1, 0.15) is 12.7 Å². The Balaban J connectivity index is 1.73. The second-order valence-electron chi connectivity index (χ2n) is 5.29. The van der Waals surface area contributed by atoms with Crippen LogP contribution in [0.15, 0.2) is 40.2 Å². The number of furan rings is 1. The van der Waals surface area contributed by atoms with Crippen LogP contribution in [0.5, 0.6) is 6.01 Å². The van der Waals surface area contributed by atoms with Gasteiger partial charge in [0, 0.05) is 47.4 Å². The number of pyridine rings is 1. The maximum Gasteiger partial charge on any atom is 0.316 e. The largest absolute Gasteiger partial charge is 0.464 e. The highest BCUT2D eigenvalue weighted by Gasteiger charge is 2.25. The van der Waals surface area contributed by atoms with E-state index in [1.54, 1.807) is 30.9 Å². The van der Waals surface area contributed by atoms with Gasteiger partial charge in [0.2, 0.25) is 0 Å². The number of carbonyl (C=O) groups is 2. The summed E-state index contributed by atoms with van der Waals surface area (Å²) in [5, 5.41) is 2.57. The Kier molecular flexibility index (Phi) is 4.13. The van der Waals surface area contributed by atoms with Crippen LogP contribution in [-0.4, -0.2) is 32.7 Å². The smallest absolute Gasteiger partial charge is 0.316 e. The first-order valence-corrected chi connectivity index (χ1v) is 8.53. The fourth-order valence-electron chi connectivity index (χ4n) is 2.47. The first-order valence-electron chi connectivity index (χ1n) is 7.71. The maximum atomic E-state index is 11.7. The minimum atomic E-state index is -0.432. The lowest BCUT2D eigenvalue weighted by molar-refractivity contribution is -0.115. The number of hydrogen-bond acceptors (Lipinski definition) is 8. The van der Waals surface area contributed by atoms with Crippen LogP contribution in [0.3, 0.4) is 0 Å². The molecule has 8 nitrogen and oxygen atoms in total. The molecule has 1 saturated heterocycles. The lowest BCUT2D eigenvalue weighted by Gasteiger charge is -2.03. The highest BCUT2D eigenvalue weighted by molar-refractivity contribution is 8.18. The van der Waals surface area contributed by atoms with Crippen LogP contribution < -0.4 is 10.1 Å². The molecule has 0 aromatic carbocycles. The second kappa shape index (κ2) is 6.60. The molecule has 1 aliphatic rings. The number of carbonyl (C=O) groups excluding carboxylic acids is 2. The van der Waals surface area contributed by atoms with E-state index in [0.717, 1.165) is 28.3 Å². The number of imide groups is 1. The van der Waals surface area contributed by atoms with Crippen LogP contribution in [0.4, 0.5) is 4.79 Å². The zero-order chi connectivity index (χ0) is 18.1. The molecule has 0 spiro atoms. The topological polar surface area (TPSA) is 107 Å². The molecule has 0 atom stereocenters. The number of ether oxygens (including phenoxy) is 1. The van der Waals surface area contributed by atoms with Crippen molar-refractivity contribution in [3.05, 3.63) is 41.5 Å². The van der Waals surface area contributed by atoms with E-state index in [-0.39, 0.29) is 4.91 Å². The fraction of sp³-hybridized carbons (Fsp3) is 0.118. The highest BCUT2D eigenvalue weighted by Crippen LogP contribution is 2.32. The van der Waals surface area contributed by atoms with Crippen molar-refractivity contribution in [1.82, 2.24) is 20.3 Å². The van der Waals surface area contributed by atoms with Gasteiger partial charge in [0.25, 0.3) is 11.1 Å². The Morgan fingerprint density at radius 1 is 1.23 bits per heavy atom. The summed E-state index contributed by atoms with van der Waals surface area (Å²) < 4.78 is 11.1. The molecule has 0 bridgehead atoms. The van der Waals surface area contributed by atoms with Crippen molar-refractivity contribution in [3.8, 4) is 17.1 Å². The highest BCUT2D eigenvalue weighted by atomic mass is 32.2. The fourth-order valence-corrected chi connectivity index (χ4v) is 3.13. The van der Waals surface area contributed by atoms with E-state index in [4.69, 9.17) is 9.15 Å². The molecule has 9 heteroatoms. The summed E-state index contributed by atoms with van der Waals surface area (Å²) in [5.41, 5.74) is 2.03. The minimum Gasteiger partial charge on any atom is -0.464 e. The van der Waals surface area contributed by atoms with Gasteiger partial charge in [-0.25, -0.2) is 9.97 Å². The van der Waals surface area contributed by atoms with E-state index in [0.29, 0.717) is 24.0 Å².